The third-order valence-electron chi connectivity index (χ3n) is 4.83. The molecule has 2 heterocycles. The highest BCUT2D eigenvalue weighted by Gasteiger charge is 2.34. The van der Waals surface area contributed by atoms with E-state index in [1.165, 1.54) is 5.57 Å². The van der Waals surface area contributed by atoms with Gasteiger partial charge in [-0.15, -0.1) is 0 Å². The van der Waals surface area contributed by atoms with E-state index in [0.29, 0.717) is 11.9 Å². The highest BCUT2D eigenvalue weighted by molar-refractivity contribution is 5.79. The minimum Gasteiger partial charge on any atom is -0.370 e. The lowest BCUT2D eigenvalue weighted by molar-refractivity contribution is 0.231. The number of hydrogen-bond acceptors (Lipinski definition) is 4. The second-order valence-corrected chi connectivity index (χ2v) is 6.38. The predicted molar refractivity (Wildman–Crippen MR) is 83.8 cm³/mol. The SMILES string of the molecule is CC1CC(C2NCCC=C2C2CCN=C(N)N2)C=CC1F. The van der Waals surface area contributed by atoms with Crippen LogP contribution in [-0.2, 0) is 0 Å². The topological polar surface area (TPSA) is 62.4 Å². The van der Waals surface area contributed by atoms with Gasteiger partial charge in [-0.05, 0) is 43.2 Å². The Kier molecular flexibility index (Phi) is 4.29. The van der Waals surface area contributed by atoms with Gasteiger partial charge in [0.25, 0.3) is 0 Å². The summed E-state index contributed by atoms with van der Waals surface area (Å²) < 4.78 is 13.7. The summed E-state index contributed by atoms with van der Waals surface area (Å²) in [4.78, 5) is 4.21. The van der Waals surface area contributed by atoms with Crippen molar-refractivity contribution < 1.29 is 4.39 Å². The molecule has 0 aromatic rings. The lowest BCUT2D eigenvalue weighted by Gasteiger charge is -2.39. The normalized spacial score (nSPS) is 40.2. The minimum absolute atomic E-state index is 0.0934. The van der Waals surface area contributed by atoms with Crippen LogP contribution in [0.15, 0.2) is 28.8 Å². The first kappa shape index (κ1) is 14.6. The molecule has 0 spiro atoms. The van der Waals surface area contributed by atoms with Crippen molar-refractivity contribution in [2.45, 2.75) is 44.4 Å². The summed E-state index contributed by atoms with van der Waals surface area (Å²) in [5.41, 5.74) is 7.20. The van der Waals surface area contributed by atoms with Crippen LogP contribution in [0.4, 0.5) is 4.39 Å². The quantitative estimate of drug-likeness (QED) is 0.676. The largest absolute Gasteiger partial charge is 0.370 e. The zero-order chi connectivity index (χ0) is 14.8. The number of nitrogens with zero attached hydrogens (tertiary/aromatic N) is 1. The fourth-order valence-electron chi connectivity index (χ4n) is 3.66. The van der Waals surface area contributed by atoms with Gasteiger partial charge in [-0.3, -0.25) is 4.99 Å². The summed E-state index contributed by atoms with van der Waals surface area (Å²) in [7, 11) is 0. The highest BCUT2D eigenvalue weighted by atomic mass is 19.1. The molecule has 21 heavy (non-hydrogen) atoms. The molecule has 1 aliphatic carbocycles. The number of aliphatic imine (C=N–C) groups is 1. The van der Waals surface area contributed by atoms with Gasteiger partial charge in [0.05, 0.1) is 6.04 Å². The number of rotatable bonds is 2. The van der Waals surface area contributed by atoms with Crippen LogP contribution in [0.3, 0.4) is 0 Å². The average molecular weight is 292 g/mol. The Morgan fingerprint density at radius 3 is 3.00 bits per heavy atom. The van der Waals surface area contributed by atoms with E-state index in [2.05, 4.69) is 27.8 Å². The molecule has 3 rings (SSSR count). The molecular formula is C16H25FN4. The van der Waals surface area contributed by atoms with Gasteiger partial charge < -0.3 is 16.4 Å². The lowest BCUT2D eigenvalue weighted by atomic mass is 9.77. The van der Waals surface area contributed by atoms with E-state index in [-0.39, 0.29) is 18.0 Å². The summed E-state index contributed by atoms with van der Waals surface area (Å²) in [5.74, 6) is 0.990. The standard InChI is InChI=1S/C16H25FN4/c1-10-9-11(4-5-13(10)17)15-12(3-2-7-19-15)14-6-8-20-16(18)21-14/h3-5,10-11,13-15,19H,2,6-9H2,1H3,(H3,18,20,21). The number of nitrogens with one attached hydrogen (secondary N) is 2. The monoisotopic (exact) mass is 292 g/mol. The van der Waals surface area contributed by atoms with Gasteiger partial charge in [0, 0.05) is 12.6 Å². The Balaban J connectivity index is 1.77. The first-order valence-electron chi connectivity index (χ1n) is 7.97. The molecular weight excluding hydrogens is 267 g/mol. The van der Waals surface area contributed by atoms with Crippen LogP contribution in [0.2, 0.25) is 0 Å². The Labute approximate surface area is 125 Å². The molecule has 2 aliphatic heterocycles. The molecule has 5 atom stereocenters. The molecule has 0 saturated carbocycles. The van der Waals surface area contributed by atoms with Crippen molar-refractivity contribution in [3.63, 3.8) is 0 Å². The summed E-state index contributed by atoms with van der Waals surface area (Å²) in [6.45, 7) is 3.76. The summed E-state index contributed by atoms with van der Waals surface area (Å²) in [6, 6.07) is 0.542. The Bertz CT molecular complexity index is 471. The summed E-state index contributed by atoms with van der Waals surface area (Å²) in [5, 5.41) is 6.92. The molecule has 0 saturated heterocycles. The van der Waals surface area contributed by atoms with Crippen molar-refractivity contribution >= 4 is 5.96 Å². The fourth-order valence-corrected chi connectivity index (χ4v) is 3.66. The van der Waals surface area contributed by atoms with Crippen LogP contribution >= 0.6 is 0 Å². The number of allylic oxidation sites excluding steroid dienone is 1. The maximum Gasteiger partial charge on any atom is 0.189 e. The third kappa shape index (κ3) is 3.12. The zero-order valence-electron chi connectivity index (χ0n) is 12.6. The van der Waals surface area contributed by atoms with Gasteiger partial charge in [0.1, 0.15) is 6.17 Å². The summed E-state index contributed by atoms with van der Waals surface area (Å²) in [6.07, 6.45) is 8.23. The maximum absolute atomic E-state index is 13.7. The molecule has 3 aliphatic rings. The summed E-state index contributed by atoms with van der Waals surface area (Å²) >= 11 is 0. The van der Waals surface area contributed by atoms with Crippen LogP contribution in [-0.4, -0.2) is 37.3 Å². The first-order valence-corrected chi connectivity index (χ1v) is 7.97. The number of nitrogens with two attached hydrogens (primary N) is 1. The first-order chi connectivity index (χ1) is 10.1. The van der Waals surface area contributed by atoms with Crippen molar-refractivity contribution in [3.8, 4) is 0 Å². The number of alkyl halides is 1. The average Bonchev–Trinajstić information content (AvgIpc) is 2.50. The van der Waals surface area contributed by atoms with Crippen LogP contribution in [0.25, 0.3) is 0 Å². The van der Waals surface area contributed by atoms with Crippen molar-refractivity contribution in [2.24, 2.45) is 22.6 Å². The van der Waals surface area contributed by atoms with Crippen LogP contribution in [0.1, 0.15) is 26.2 Å². The van der Waals surface area contributed by atoms with Crippen molar-refractivity contribution in [1.82, 2.24) is 10.6 Å². The Morgan fingerprint density at radius 2 is 2.24 bits per heavy atom. The minimum atomic E-state index is -0.798. The molecule has 0 amide bonds. The van der Waals surface area contributed by atoms with E-state index in [9.17, 15) is 4.39 Å². The van der Waals surface area contributed by atoms with Crippen molar-refractivity contribution in [2.75, 3.05) is 13.1 Å². The van der Waals surface area contributed by atoms with Gasteiger partial charge >= 0.3 is 0 Å². The molecule has 4 nitrogen and oxygen atoms in total. The second kappa shape index (κ2) is 6.18. The van der Waals surface area contributed by atoms with E-state index in [1.807, 2.05) is 6.92 Å². The van der Waals surface area contributed by atoms with E-state index >= 15 is 0 Å². The van der Waals surface area contributed by atoms with Gasteiger partial charge in [0.2, 0.25) is 0 Å². The van der Waals surface area contributed by atoms with Gasteiger partial charge in [-0.25, -0.2) is 4.39 Å². The highest BCUT2D eigenvalue weighted by Crippen LogP contribution is 2.32. The molecule has 0 radical (unpaired) electrons. The maximum atomic E-state index is 13.7. The third-order valence-corrected chi connectivity index (χ3v) is 4.83. The smallest absolute Gasteiger partial charge is 0.189 e. The van der Waals surface area contributed by atoms with Crippen molar-refractivity contribution in [3.05, 3.63) is 23.8 Å². The van der Waals surface area contributed by atoms with Gasteiger partial charge in [0.15, 0.2) is 5.96 Å². The molecule has 5 heteroatoms. The van der Waals surface area contributed by atoms with E-state index in [1.54, 1.807) is 6.08 Å². The van der Waals surface area contributed by atoms with E-state index in [4.69, 9.17) is 5.73 Å². The number of guanidine groups is 1. The Morgan fingerprint density at radius 1 is 1.38 bits per heavy atom. The fraction of sp³-hybridized carbons (Fsp3) is 0.688. The van der Waals surface area contributed by atoms with Crippen LogP contribution < -0.4 is 16.4 Å². The number of halogens is 1. The lowest BCUT2D eigenvalue weighted by Crippen LogP contribution is -2.52. The van der Waals surface area contributed by atoms with Crippen LogP contribution in [0.5, 0.6) is 0 Å². The predicted octanol–water partition coefficient (Wildman–Crippen LogP) is 1.50. The number of hydrogen-bond donors (Lipinski definition) is 3. The Hall–Kier alpha value is -1.36. The van der Waals surface area contributed by atoms with E-state index < -0.39 is 6.17 Å². The molecule has 5 unspecified atom stereocenters. The second-order valence-electron chi connectivity index (χ2n) is 6.38. The van der Waals surface area contributed by atoms with Gasteiger partial charge in [-0.2, -0.15) is 0 Å². The molecule has 0 aromatic heterocycles. The molecule has 116 valence electrons. The molecule has 4 N–H and O–H groups in total. The van der Waals surface area contributed by atoms with Crippen LogP contribution in [0, 0.1) is 11.8 Å². The van der Waals surface area contributed by atoms with E-state index in [0.717, 1.165) is 32.4 Å². The zero-order valence-corrected chi connectivity index (χ0v) is 12.6. The van der Waals surface area contributed by atoms with Gasteiger partial charge in [-0.1, -0.05) is 25.2 Å². The molecule has 0 fully saturated rings. The molecule has 0 bridgehead atoms. The molecule has 0 aromatic carbocycles. The van der Waals surface area contributed by atoms with Crippen molar-refractivity contribution in [1.29, 1.82) is 0 Å².